The average molecular weight is 329 g/mol. The lowest BCUT2D eigenvalue weighted by Gasteiger charge is -2.28. The zero-order chi connectivity index (χ0) is 17.2. The van der Waals surface area contributed by atoms with E-state index in [4.69, 9.17) is 4.74 Å². The van der Waals surface area contributed by atoms with Crippen LogP contribution in [-0.4, -0.2) is 24.2 Å². The number of rotatable bonds is 4. The van der Waals surface area contributed by atoms with E-state index >= 15 is 0 Å². The lowest BCUT2D eigenvalue weighted by Crippen LogP contribution is -2.42. The minimum absolute atomic E-state index is 0.0134. The van der Waals surface area contributed by atoms with Gasteiger partial charge in [0, 0.05) is 0 Å². The Balaban J connectivity index is 1.68. The maximum atomic E-state index is 13.0. The summed E-state index contributed by atoms with van der Waals surface area (Å²) in [6, 6.07) is 13.3. The van der Waals surface area contributed by atoms with Crippen molar-refractivity contribution in [1.82, 2.24) is 5.32 Å². The van der Waals surface area contributed by atoms with E-state index in [1.807, 2.05) is 24.3 Å². The highest BCUT2D eigenvalue weighted by Crippen LogP contribution is 2.27. The number of aliphatic hydroxyl groups is 1. The van der Waals surface area contributed by atoms with E-state index in [0.29, 0.717) is 12.2 Å². The fraction of sp³-hybridized carbons (Fsp3) is 0.316. The zero-order valence-corrected chi connectivity index (χ0v) is 13.5. The van der Waals surface area contributed by atoms with E-state index in [1.165, 1.54) is 24.3 Å². The van der Waals surface area contributed by atoms with Gasteiger partial charge >= 0.3 is 0 Å². The van der Waals surface area contributed by atoms with Crippen molar-refractivity contribution in [3.05, 3.63) is 71.0 Å². The summed E-state index contributed by atoms with van der Waals surface area (Å²) in [5.74, 6) is -0.657. The molecule has 0 saturated carbocycles. The zero-order valence-electron chi connectivity index (χ0n) is 13.5. The highest BCUT2D eigenvalue weighted by atomic mass is 19.1. The molecule has 2 aromatic carbocycles. The predicted molar refractivity (Wildman–Crippen MR) is 87.8 cm³/mol. The number of benzene rings is 2. The highest BCUT2D eigenvalue weighted by molar-refractivity contribution is 5.83. The molecule has 5 heteroatoms. The van der Waals surface area contributed by atoms with Gasteiger partial charge in [0.15, 0.2) is 6.10 Å². The van der Waals surface area contributed by atoms with Gasteiger partial charge in [-0.2, -0.15) is 0 Å². The van der Waals surface area contributed by atoms with Crippen molar-refractivity contribution in [2.24, 2.45) is 0 Å². The molecule has 4 nitrogen and oxygen atoms in total. The maximum absolute atomic E-state index is 13.0. The second-order valence-electron chi connectivity index (χ2n) is 6.20. The first-order chi connectivity index (χ1) is 11.5. The minimum atomic E-state index is -1.29. The van der Waals surface area contributed by atoms with Gasteiger partial charge in [0.1, 0.15) is 11.4 Å². The first-order valence-corrected chi connectivity index (χ1v) is 7.93. The van der Waals surface area contributed by atoms with E-state index in [9.17, 15) is 14.3 Å². The van der Waals surface area contributed by atoms with Crippen molar-refractivity contribution < 1.29 is 19.0 Å². The second kappa shape index (κ2) is 6.71. The van der Waals surface area contributed by atoms with Gasteiger partial charge < -0.3 is 15.2 Å². The Hall–Kier alpha value is -2.24. The first-order valence-electron chi connectivity index (χ1n) is 7.93. The molecule has 126 valence electrons. The van der Waals surface area contributed by atoms with Gasteiger partial charge in [0.25, 0.3) is 5.91 Å². The molecule has 1 aliphatic heterocycles. The van der Waals surface area contributed by atoms with Crippen LogP contribution >= 0.6 is 0 Å². The number of hydrogen-bond donors (Lipinski definition) is 2. The van der Waals surface area contributed by atoms with E-state index in [-0.39, 0.29) is 18.3 Å². The molecule has 2 aromatic rings. The molecule has 0 aromatic heterocycles. The van der Waals surface area contributed by atoms with E-state index in [2.05, 4.69) is 5.32 Å². The summed E-state index contributed by atoms with van der Waals surface area (Å²) < 4.78 is 18.6. The number of nitrogens with one attached hydrogen (secondary N) is 1. The lowest BCUT2D eigenvalue weighted by atomic mass is 9.95. The normalized spacial score (nSPS) is 19.2. The number of carbonyl (C=O) groups is 1. The monoisotopic (exact) mass is 329 g/mol. The van der Waals surface area contributed by atoms with Gasteiger partial charge in [0.2, 0.25) is 0 Å². The van der Waals surface area contributed by atoms with Crippen molar-refractivity contribution in [1.29, 1.82) is 0 Å². The lowest BCUT2D eigenvalue weighted by molar-refractivity contribution is -0.135. The minimum Gasteiger partial charge on any atom is -0.384 e. The number of ether oxygens (including phenoxy) is 1. The SMILES string of the molecule is CC(O)(CNC(=O)C1OCCc2ccccc21)c1ccc(F)cc1. The quantitative estimate of drug-likeness (QED) is 0.906. The van der Waals surface area contributed by atoms with Gasteiger partial charge in [0.05, 0.1) is 13.2 Å². The second-order valence-corrected chi connectivity index (χ2v) is 6.20. The third-order valence-electron chi connectivity index (χ3n) is 4.30. The van der Waals surface area contributed by atoms with Crippen molar-refractivity contribution in [3.8, 4) is 0 Å². The summed E-state index contributed by atoms with van der Waals surface area (Å²) in [6.45, 7) is 2.08. The van der Waals surface area contributed by atoms with E-state index in [1.54, 1.807) is 6.92 Å². The summed E-state index contributed by atoms with van der Waals surface area (Å²) in [5.41, 5.74) is 1.21. The molecule has 0 saturated heterocycles. The number of hydrogen-bond acceptors (Lipinski definition) is 3. The molecule has 24 heavy (non-hydrogen) atoms. The van der Waals surface area contributed by atoms with Crippen molar-refractivity contribution in [2.45, 2.75) is 25.0 Å². The molecule has 0 radical (unpaired) electrons. The van der Waals surface area contributed by atoms with Gasteiger partial charge in [-0.1, -0.05) is 36.4 Å². The predicted octanol–water partition coefficient (Wildman–Crippen LogP) is 2.46. The van der Waals surface area contributed by atoms with Crippen molar-refractivity contribution >= 4 is 5.91 Å². The molecule has 1 amide bonds. The standard InChI is InChI=1S/C19H20FNO3/c1-19(23,14-6-8-15(20)9-7-14)12-21-18(22)17-16-5-3-2-4-13(16)10-11-24-17/h2-9,17,23H,10-12H2,1H3,(H,21,22). The summed E-state index contributed by atoms with van der Waals surface area (Å²) in [7, 11) is 0. The Labute approximate surface area is 140 Å². The van der Waals surface area contributed by atoms with Crippen LogP contribution in [0.5, 0.6) is 0 Å². The molecule has 0 fully saturated rings. The summed E-state index contributed by atoms with van der Waals surface area (Å²) in [4.78, 5) is 12.5. The third-order valence-corrected chi connectivity index (χ3v) is 4.30. The molecular weight excluding hydrogens is 309 g/mol. The molecule has 2 unspecified atom stereocenters. The molecule has 2 N–H and O–H groups in total. The van der Waals surface area contributed by atoms with Crippen LogP contribution < -0.4 is 5.32 Å². The first kappa shape index (κ1) is 16.6. The maximum Gasteiger partial charge on any atom is 0.253 e. The smallest absolute Gasteiger partial charge is 0.253 e. The number of carbonyl (C=O) groups excluding carboxylic acids is 1. The van der Waals surface area contributed by atoms with Crippen LogP contribution in [0, 0.1) is 5.82 Å². The number of halogens is 1. The molecule has 1 aliphatic rings. The molecule has 2 atom stereocenters. The van der Waals surface area contributed by atoms with Gasteiger partial charge in [-0.3, -0.25) is 4.79 Å². The molecule has 0 bridgehead atoms. The van der Waals surface area contributed by atoms with Gasteiger partial charge in [-0.25, -0.2) is 4.39 Å². The average Bonchev–Trinajstić information content (AvgIpc) is 2.59. The Bertz CT molecular complexity index is 728. The van der Waals surface area contributed by atoms with Crippen LogP contribution in [0.4, 0.5) is 4.39 Å². The number of amides is 1. The largest absolute Gasteiger partial charge is 0.384 e. The van der Waals surface area contributed by atoms with Crippen LogP contribution in [-0.2, 0) is 21.6 Å². The molecule has 3 rings (SSSR count). The van der Waals surface area contributed by atoms with E-state index in [0.717, 1.165) is 17.5 Å². The fourth-order valence-electron chi connectivity index (χ4n) is 2.87. The topological polar surface area (TPSA) is 58.6 Å². The number of fused-ring (bicyclic) bond motifs is 1. The molecule has 0 aliphatic carbocycles. The Morgan fingerprint density at radius 2 is 2.00 bits per heavy atom. The van der Waals surface area contributed by atoms with Crippen LogP contribution in [0.2, 0.25) is 0 Å². The fourth-order valence-corrected chi connectivity index (χ4v) is 2.87. The van der Waals surface area contributed by atoms with Crippen LogP contribution in [0.15, 0.2) is 48.5 Å². The van der Waals surface area contributed by atoms with Gasteiger partial charge in [-0.05, 0) is 42.2 Å². The Morgan fingerprint density at radius 3 is 2.75 bits per heavy atom. The molecule has 1 heterocycles. The van der Waals surface area contributed by atoms with Crippen molar-refractivity contribution in [2.75, 3.05) is 13.2 Å². The molecule has 0 spiro atoms. The van der Waals surface area contributed by atoms with E-state index < -0.39 is 11.7 Å². The summed E-state index contributed by atoms with van der Waals surface area (Å²) >= 11 is 0. The van der Waals surface area contributed by atoms with Crippen LogP contribution in [0.1, 0.15) is 29.7 Å². The Kier molecular flexibility index (Phi) is 4.64. The Morgan fingerprint density at radius 1 is 1.29 bits per heavy atom. The van der Waals surface area contributed by atoms with Crippen molar-refractivity contribution in [3.63, 3.8) is 0 Å². The van der Waals surface area contributed by atoms with Crippen LogP contribution in [0.3, 0.4) is 0 Å². The summed E-state index contributed by atoms with van der Waals surface area (Å²) in [5, 5.41) is 13.3. The van der Waals surface area contributed by atoms with Crippen LogP contribution in [0.25, 0.3) is 0 Å². The summed E-state index contributed by atoms with van der Waals surface area (Å²) in [6.07, 6.45) is 0.117. The third kappa shape index (κ3) is 3.47. The van der Waals surface area contributed by atoms with Gasteiger partial charge in [-0.15, -0.1) is 0 Å². The molecular formula is C19H20FNO3. The highest BCUT2D eigenvalue weighted by Gasteiger charge is 2.30.